The molecular weight excluding hydrogens is 426 g/mol. The van der Waals surface area contributed by atoms with E-state index in [2.05, 4.69) is 65.4 Å². The molecule has 2 saturated carbocycles. The first-order valence-corrected chi connectivity index (χ1v) is 13.9. The molecule has 5 aromatic rings. The minimum absolute atomic E-state index is 0.642. The van der Waals surface area contributed by atoms with Crippen LogP contribution in [0.3, 0.4) is 0 Å². The largest absolute Gasteiger partial charge is 0.297 e. The molecule has 0 unspecified atom stereocenters. The highest BCUT2D eigenvalue weighted by atomic mass is 15.1. The molecule has 2 fully saturated rings. The van der Waals surface area contributed by atoms with Crippen LogP contribution in [0.5, 0.6) is 0 Å². The molecule has 0 saturated heterocycles. The molecule has 3 aromatic heterocycles. The number of hydrogen-bond acceptors (Lipinski definition) is 1. The van der Waals surface area contributed by atoms with Crippen LogP contribution < -0.4 is 4.40 Å². The Balaban J connectivity index is 1.60. The van der Waals surface area contributed by atoms with Gasteiger partial charge in [-0.15, -0.1) is 0 Å². The van der Waals surface area contributed by atoms with E-state index in [9.17, 15) is 0 Å². The Labute approximate surface area is 207 Å². The fourth-order valence-electron chi connectivity index (χ4n) is 7.38. The molecule has 2 aliphatic carbocycles. The Morgan fingerprint density at radius 3 is 2.31 bits per heavy atom. The van der Waals surface area contributed by atoms with Crippen LogP contribution in [0.4, 0.5) is 0 Å². The van der Waals surface area contributed by atoms with Crippen LogP contribution in [0.2, 0.25) is 0 Å². The van der Waals surface area contributed by atoms with Gasteiger partial charge in [-0.25, -0.2) is 4.57 Å². The molecule has 7 rings (SSSR count). The molecule has 0 aliphatic heterocycles. The van der Waals surface area contributed by atoms with Gasteiger partial charge in [-0.3, -0.25) is 4.98 Å². The summed E-state index contributed by atoms with van der Waals surface area (Å²) >= 11 is 0. The average Bonchev–Trinajstić information content (AvgIpc) is 3.21. The third-order valence-electron chi connectivity index (χ3n) is 9.19. The Bertz CT molecular complexity index is 1580. The zero-order valence-electron chi connectivity index (χ0n) is 21.2. The summed E-state index contributed by atoms with van der Waals surface area (Å²) in [6, 6.07) is 16.5. The lowest BCUT2D eigenvalue weighted by atomic mass is 9.82. The highest BCUT2D eigenvalue weighted by molar-refractivity contribution is 6.10. The molecule has 35 heavy (non-hydrogen) atoms. The van der Waals surface area contributed by atoms with Crippen molar-refractivity contribution in [2.75, 3.05) is 0 Å². The van der Waals surface area contributed by atoms with Gasteiger partial charge in [0.05, 0.1) is 23.3 Å². The van der Waals surface area contributed by atoms with Crippen molar-refractivity contribution in [1.82, 2.24) is 9.55 Å². The first kappa shape index (κ1) is 21.4. The SMILES string of the molecule is Cc1ccnc2c3c(C4CCCCC4)cccc3[n+]3c4ccc(C5CCCCC5)cc4n(C)c3c12. The molecule has 3 nitrogen and oxygen atoms in total. The molecule has 0 N–H and O–H groups in total. The molecule has 2 aromatic carbocycles. The molecule has 0 spiro atoms. The van der Waals surface area contributed by atoms with Crippen molar-refractivity contribution in [3.05, 3.63) is 65.4 Å². The second kappa shape index (κ2) is 8.33. The van der Waals surface area contributed by atoms with Gasteiger partial charge in [-0.05, 0) is 85.4 Å². The van der Waals surface area contributed by atoms with E-state index < -0.39 is 0 Å². The number of aryl methyl sites for hydroxylation is 2. The van der Waals surface area contributed by atoms with Gasteiger partial charge in [0.1, 0.15) is 5.52 Å². The van der Waals surface area contributed by atoms with Gasteiger partial charge >= 0.3 is 0 Å². The highest BCUT2D eigenvalue weighted by Gasteiger charge is 2.29. The fourth-order valence-corrected chi connectivity index (χ4v) is 7.38. The van der Waals surface area contributed by atoms with Gasteiger partial charge in [0, 0.05) is 6.20 Å². The molecule has 0 atom stereocenters. The van der Waals surface area contributed by atoms with E-state index in [0.29, 0.717) is 11.8 Å². The molecule has 2 aliphatic rings. The zero-order valence-corrected chi connectivity index (χ0v) is 21.2. The van der Waals surface area contributed by atoms with Crippen molar-refractivity contribution >= 4 is 38.5 Å². The van der Waals surface area contributed by atoms with Crippen LogP contribution in [0.25, 0.3) is 38.5 Å². The predicted molar refractivity (Wildman–Crippen MR) is 145 cm³/mol. The normalized spacial score (nSPS) is 18.3. The van der Waals surface area contributed by atoms with Crippen LogP contribution in [-0.2, 0) is 7.05 Å². The lowest BCUT2D eigenvalue weighted by Crippen LogP contribution is -2.24. The summed E-state index contributed by atoms with van der Waals surface area (Å²) < 4.78 is 4.98. The molecule has 3 heteroatoms. The molecular formula is C32H36N3+. The molecule has 0 amide bonds. The second-order valence-corrected chi connectivity index (χ2v) is 11.2. The van der Waals surface area contributed by atoms with Gasteiger partial charge in [-0.2, -0.15) is 4.40 Å². The van der Waals surface area contributed by atoms with Crippen LogP contribution in [0.15, 0.2) is 48.7 Å². The summed E-state index contributed by atoms with van der Waals surface area (Å²) in [4.78, 5) is 5.05. The van der Waals surface area contributed by atoms with E-state index in [0.717, 1.165) is 0 Å². The average molecular weight is 463 g/mol. The number of imidazole rings is 1. The Morgan fingerprint density at radius 1 is 0.800 bits per heavy atom. The van der Waals surface area contributed by atoms with Crippen LogP contribution in [0.1, 0.15) is 92.7 Å². The third kappa shape index (κ3) is 3.23. The monoisotopic (exact) mass is 462 g/mol. The summed E-state index contributed by atoms with van der Waals surface area (Å²) in [7, 11) is 2.25. The van der Waals surface area contributed by atoms with Crippen LogP contribution >= 0.6 is 0 Å². The van der Waals surface area contributed by atoms with E-state index in [1.807, 2.05) is 6.20 Å². The van der Waals surface area contributed by atoms with Crippen molar-refractivity contribution in [3.8, 4) is 0 Å². The molecule has 3 heterocycles. The second-order valence-electron chi connectivity index (χ2n) is 11.2. The minimum Gasteiger partial charge on any atom is -0.255 e. The lowest BCUT2D eigenvalue weighted by molar-refractivity contribution is -0.449. The number of aromatic nitrogens is 3. The van der Waals surface area contributed by atoms with Gasteiger partial charge < -0.3 is 0 Å². The van der Waals surface area contributed by atoms with E-state index in [4.69, 9.17) is 4.98 Å². The smallest absolute Gasteiger partial charge is 0.255 e. The molecule has 178 valence electrons. The summed E-state index contributed by atoms with van der Waals surface area (Å²) in [6.07, 6.45) is 15.5. The summed E-state index contributed by atoms with van der Waals surface area (Å²) in [5.41, 5.74) is 10.8. The van der Waals surface area contributed by atoms with E-state index >= 15 is 0 Å². The third-order valence-corrected chi connectivity index (χ3v) is 9.19. The Morgan fingerprint density at radius 2 is 1.54 bits per heavy atom. The summed E-state index contributed by atoms with van der Waals surface area (Å²) in [6.45, 7) is 2.25. The summed E-state index contributed by atoms with van der Waals surface area (Å²) in [5.74, 6) is 1.36. The number of pyridine rings is 2. The van der Waals surface area contributed by atoms with Crippen LogP contribution in [0, 0.1) is 6.92 Å². The number of nitrogens with zero attached hydrogens (tertiary/aromatic N) is 3. The first-order valence-electron chi connectivity index (χ1n) is 13.9. The maximum Gasteiger partial charge on any atom is 0.297 e. The topological polar surface area (TPSA) is 21.9 Å². The number of rotatable bonds is 2. The Hall–Kier alpha value is -2.94. The van der Waals surface area contributed by atoms with Crippen molar-refractivity contribution in [1.29, 1.82) is 0 Å². The molecule has 0 radical (unpaired) electrons. The minimum atomic E-state index is 0.642. The van der Waals surface area contributed by atoms with E-state index in [1.54, 1.807) is 0 Å². The first-order chi connectivity index (χ1) is 17.2. The zero-order chi connectivity index (χ0) is 23.5. The van der Waals surface area contributed by atoms with Crippen molar-refractivity contribution in [3.63, 3.8) is 0 Å². The van der Waals surface area contributed by atoms with Crippen molar-refractivity contribution in [2.24, 2.45) is 7.05 Å². The van der Waals surface area contributed by atoms with Crippen molar-refractivity contribution in [2.45, 2.75) is 83.0 Å². The molecule has 0 bridgehead atoms. The lowest BCUT2D eigenvalue weighted by Gasteiger charge is -2.23. The number of hydrogen-bond donors (Lipinski definition) is 0. The van der Waals surface area contributed by atoms with Crippen molar-refractivity contribution < 1.29 is 4.40 Å². The van der Waals surface area contributed by atoms with Gasteiger partial charge in [0.2, 0.25) is 0 Å². The Kier molecular flexibility index (Phi) is 5.08. The van der Waals surface area contributed by atoms with E-state index in [-0.39, 0.29) is 0 Å². The maximum atomic E-state index is 5.05. The quantitative estimate of drug-likeness (QED) is 0.192. The van der Waals surface area contributed by atoms with Gasteiger partial charge in [0.15, 0.2) is 11.0 Å². The number of benzene rings is 2. The summed E-state index contributed by atoms with van der Waals surface area (Å²) in [5, 5.41) is 2.68. The predicted octanol–water partition coefficient (Wildman–Crippen LogP) is 8.02. The van der Waals surface area contributed by atoms with Crippen LogP contribution in [-0.4, -0.2) is 9.55 Å². The van der Waals surface area contributed by atoms with E-state index in [1.165, 1.54) is 119 Å². The maximum absolute atomic E-state index is 5.05. The highest BCUT2D eigenvalue weighted by Crippen LogP contribution is 2.40. The fraction of sp³-hybridized carbons (Fsp3) is 0.438. The number of fused-ring (bicyclic) bond motifs is 8. The standard InChI is InChI=1S/C32H36N3/c1-21-18-19-33-31-29(21)32-34(2)28-20-24(22-10-5-3-6-11-22)16-17-26(28)35(32)27-15-9-14-25(30(27)31)23-12-7-4-8-13-23/h9,14-20,22-23H,3-8,10-13H2,1-2H3/q+1. The van der Waals surface area contributed by atoms with Gasteiger partial charge in [0.25, 0.3) is 5.65 Å². The van der Waals surface area contributed by atoms with Gasteiger partial charge in [-0.1, -0.05) is 56.7 Å².